The minimum atomic E-state index is 0.513. The Labute approximate surface area is 137 Å². The zero-order valence-corrected chi connectivity index (χ0v) is 15.1. The summed E-state index contributed by atoms with van der Waals surface area (Å²) in [6, 6.07) is 0. The van der Waals surface area contributed by atoms with Crippen LogP contribution in [-0.4, -0.2) is 0 Å². The number of allylic oxidation sites excluding steroid dienone is 4. The summed E-state index contributed by atoms with van der Waals surface area (Å²) in [6.07, 6.45) is 16.7. The van der Waals surface area contributed by atoms with Crippen LogP contribution in [0.3, 0.4) is 0 Å². The van der Waals surface area contributed by atoms with E-state index in [0.29, 0.717) is 10.8 Å². The molecule has 0 saturated heterocycles. The number of fused-ring (bicyclic) bond motifs is 5. The fourth-order valence-electron chi connectivity index (χ4n) is 7.17. The van der Waals surface area contributed by atoms with Gasteiger partial charge in [0.15, 0.2) is 0 Å². The standard InChI is InChI=1S/C22H34/c1-15(2)18-10-11-19-17-9-8-16-7-5-6-13-21(16,3)20(17)12-14-22(18,19)4/h8-9,15,18-20H,5-7,10-14H2,1-4H3/t18-,19+,20+,21+,22-/m1/s1. The monoisotopic (exact) mass is 298 g/mol. The Kier molecular flexibility index (Phi) is 3.41. The summed E-state index contributed by atoms with van der Waals surface area (Å²) in [6.45, 7) is 10.2. The molecule has 4 rings (SSSR count). The van der Waals surface area contributed by atoms with E-state index in [2.05, 4.69) is 39.8 Å². The first-order valence-electron chi connectivity index (χ1n) is 9.88. The Morgan fingerprint density at radius 3 is 2.55 bits per heavy atom. The van der Waals surface area contributed by atoms with Gasteiger partial charge in [-0.15, -0.1) is 0 Å². The summed E-state index contributed by atoms with van der Waals surface area (Å²) in [4.78, 5) is 0. The van der Waals surface area contributed by atoms with Gasteiger partial charge in [0.2, 0.25) is 0 Å². The molecule has 0 amide bonds. The predicted octanol–water partition coefficient (Wildman–Crippen LogP) is 6.53. The van der Waals surface area contributed by atoms with Crippen molar-refractivity contribution < 1.29 is 0 Å². The molecular weight excluding hydrogens is 264 g/mol. The van der Waals surface area contributed by atoms with E-state index >= 15 is 0 Å². The Balaban J connectivity index is 1.72. The van der Waals surface area contributed by atoms with Gasteiger partial charge in [0.05, 0.1) is 0 Å². The molecule has 0 aromatic carbocycles. The van der Waals surface area contributed by atoms with Crippen LogP contribution in [0.2, 0.25) is 0 Å². The van der Waals surface area contributed by atoms with E-state index in [0.717, 1.165) is 23.7 Å². The second-order valence-corrected chi connectivity index (χ2v) is 9.56. The second-order valence-electron chi connectivity index (χ2n) is 9.56. The van der Waals surface area contributed by atoms with E-state index in [4.69, 9.17) is 0 Å². The van der Waals surface area contributed by atoms with Gasteiger partial charge in [-0.1, -0.05) is 57.4 Å². The molecule has 3 saturated carbocycles. The minimum Gasteiger partial charge on any atom is -0.0637 e. The highest BCUT2D eigenvalue weighted by Crippen LogP contribution is 2.65. The van der Waals surface area contributed by atoms with Crippen molar-refractivity contribution in [3.63, 3.8) is 0 Å². The lowest BCUT2D eigenvalue weighted by atomic mass is 9.50. The molecule has 0 spiro atoms. The summed E-state index contributed by atoms with van der Waals surface area (Å²) in [5, 5.41) is 0. The van der Waals surface area contributed by atoms with Gasteiger partial charge in [-0.05, 0) is 79.4 Å². The van der Waals surface area contributed by atoms with Gasteiger partial charge < -0.3 is 0 Å². The molecule has 0 heteroatoms. The van der Waals surface area contributed by atoms with Crippen LogP contribution in [0.15, 0.2) is 23.3 Å². The van der Waals surface area contributed by atoms with Crippen molar-refractivity contribution in [1.82, 2.24) is 0 Å². The van der Waals surface area contributed by atoms with Gasteiger partial charge in [-0.2, -0.15) is 0 Å². The normalized spacial score (nSPS) is 47.4. The molecule has 4 aliphatic carbocycles. The summed E-state index contributed by atoms with van der Waals surface area (Å²) in [7, 11) is 0. The van der Waals surface area contributed by atoms with Gasteiger partial charge in [-0.3, -0.25) is 0 Å². The number of rotatable bonds is 1. The van der Waals surface area contributed by atoms with E-state index in [1.807, 2.05) is 5.57 Å². The third kappa shape index (κ3) is 1.88. The lowest BCUT2D eigenvalue weighted by Gasteiger charge is -2.54. The zero-order chi connectivity index (χ0) is 15.5. The van der Waals surface area contributed by atoms with Gasteiger partial charge in [0, 0.05) is 0 Å². The van der Waals surface area contributed by atoms with E-state index in [9.17, 15) is 0 Å². The molecule has 22 heavy (non-hydrogen) atoms. The molecule has 0 aromatic rings. The SMILES string of the molecule is CC(C)[C@H]1CC[C@H]2C3=CC=C4CCCC[C@]4(C)[C@H]3CC[C@]12C. The third-order valence-electron chi connectivity index (χ3n) is 8.36. The maximum atomic E-state index is 2.63. The van der Waals surface area contributed by atoms with E-state index in [-0.39, 0.29) is 0 Å². The van der Waals surface area contributed by atoms with Crippen LogP contribution in [0, 0.1) is 34.5 Å². The Hall–Kier alpha value is -0.520. The first-order valence-corrected chi connectivity index (χ1v) is 9.88. The van der Waals surface area contributed by atoms with Crippen molar-refractivity contribution in [3.05, 3.63) is 23.3 Å². The van der Waals surface area contributed by atoms with Crippen LogP contribution < -0.4 is 0 Å². The molecular formula is C22H34. The molecule has 0 aliphatic heterocycles. The van der Waals surface area contributed by atoms with Crippen LogP contribution in [0.4, 0.5) is 0 Å². The van der Waals surface area contributed by atoms with Crippen molar-refractivity contribution in [3.8, 4) is 0 Å². The lowest BCUT2D eigenvalue weighted by molar-refractivity contribution is 0.0532. The van der Waals surface area contributed by atoms with Gasteiger partial charge in [-0.25, -0.2) is 0 Å². The topological polar surface area (TPSA) is 0 Å². The smallest absolute Gasteiger partial charge is 0.00476 e. The average molecular weight is 299 g/mol. The Morgan fingerprint density at radius 2 is 1.77 bits per heavy atom. The molecule has 0 radical (unpaired) electrons. The minimum absolute atomic E-state index is 0.513. The van der Waals surface area contributed by atoms with Crippen molar-refractivity contribution in [1.29, 1.82) is 0 Å². The van der Waals surface area contributed by atoms with Gasteiger partial charge in [0.1, 0.15) is 0 Å². The summed E-state index contributed by atoms with van der Waals surface area (Å²) >= 11 is 0. The molecule has 4 aliphatic rings. The highest BCUT2D eigenvalue weighted by molar-refractivity contribution is 5.38. The average Bonchev–Trinajstić information content (AvgIpc) is 2.84. The maximum absolute atomic E-state index is 2.63. The molecule has 5 atom stereocenters. The Morgan fingerprint density at radius 1 is 0.955 bits per heavy atom. The zero-order valence-electron chi connectivity index (χ0n) is 15.1. The van der Waals surface area contributed by atoms with Crippen LogP contribution in [0.5, 0.6) is 0 Å². The molecule has 0 unspecified atom stereocenters. The van der Waals surface area contributed by atoms with Crippen molar-refractivity contribution in [2.45, 2.75) is 79.1 Å². The Bertz CT molecular complexity index is 522. The molecule has 0 bridgehead atoms. The number of hydrogen-bond acceptors (Lipinski definition) is 0. The molecule has 3 fully saturated rings. The van der Waals surface area contributed by atoms with Gasteiger partial charge >= 0.3 is 0 Å². The van der Waals surface area contributed by atoms with Gasteiger partial charge in [0.25, 0.3) is 0 Å². The lowest BCUT2D eigenvalue weighted by Crippen LogP contribution is -2.45. The largest absolute Gasteiger partial charge is 0.0637 e. The summed E-state index contributed by atoms with van der Waals surface area (Å²) in [5.41, 5.74) is 4.76. The van der Waals surface area contributed by atoms with E-state index in [1.54, 1.807) is 5.57 Å². The fraction of sp³-hybridized carbons (Fsp3) is 0.818. The highest BCUT2D eigenvalue weighted by atomic mass is 14.6. The first kappa shape index (κ1) is 15.0. The molecule has 0 aromatic heterocycles. The van der Waals surface area contributed by atoms with E-state index < -0.39 is 0 Å². The first-order chi connectivity index (χ1) is 10.5. The highest BCUT2D eigenvalue weighted by Gasteiger charge is 2.56. The maximum Gasteiger partial charge on any atom is -0.00476 e. The quantitative estimate of drug-likeness (QED) is 0.516. The van der Waals surface area contributed by atoms with Crippen molar-refractivity contribution in [2.75, 3.05) is 0 Å². The second kappa shape index (κ2) is 4.99. The van der Waals surface area contributed by atoms with E-state index in [1.165, 1.54) is 51.4 Å². The summed E-state index contributed by atoms with van der Waals surface area (Å²) in [5.74, 6) is 3.56. The van der Waals surface area contributed by atoms with Crippen LogP contribution >= 0.6 is 0 Å². The molecule has 122 valence electrons. The predicted molar refractivity (Wildman–Crippen MR) is 94.6 cm³/mol. The molecule has 0 heterocycles. The summed E-state index contributed by atoms with van der Waals surface area (Å²) < 4.78 is 0. The molecule has 0 nitrogen and oxygen atoms in total. The number of hydrogen-bond donors (Lipinski definition) is 0. The third-order valence-corrected chi connectivity index (χ3v) is 8.36. The van der Waals surface area contributed by atoms with Crippen LogP contribution in [0.1, 0.15) is 79.1 Å². The van der Waals surface area contributed by atoms with Crippen LogP contribution in [0.25, 0.3) is 0 Å². The fourth-order valence-corrected chi connectivity index (χ4v) is 7.17. The van der Waals surface area contributed by atoms with Crippen molar-refractivity contribution in [2.24, 2.45) is 34.5 Å². The van der Waals surface area contributed by atoms with Crippen LogP contribution in [-0.2, 0) is 0 Å². The molecule has 0 N–H and O–H groups in total. The van der Waals surface area contributed by atoms with Crippen molar-refractivity contribution >= 4 is 0 Å².